The summed E-state index contributed by atoms with van der Waals surface area (Å²) in [6.45, 7) is 5.23. The molecular formula is C23H28N2O7S. The molecule has 1 amide bonds. The summed E-state index contributed by atoms with van der Waals surface area (Å²) in [6.07, 6.45) is 0.562. The number of nitrogens with zero attached hydrogens (tertiary/aromatic N) is 1. The van der Waals surface area contributed by atoms with Gasteiger partial charge in [0.25, 0.3) is 0 Å². The van der Waals surface area contributed by atoms with Gasteiger partial charge in [-0.1, -0.05) is 6.07 Å². The smallest absolute Gasteiger partial charge is 0.243 e. The van der Waals surface area contributed by atoms with Crippen LogP contribution in [-0.2, 0) is 26.0 Å². The number of hydrogen-bond acceptors (Lipinski definition) is 7. The Hall–Kier alpha value is -2.82. The number of hydrogen-bond donors (Lipinski definition) is 1. The highest BCUT2D eigenvalue weighted by molar-refractivity contribution is 7.89. The van der Waals surface area contributed by atoms with Crippen LogP contribution in [0.2, 0.25) is 0 Å². The molecule has 0 bridgehead atoms. The number of benzene rings is 2. The number of aryl methyl sites for hydroxylation is 1. The maximum Gasteiger partial charge on any atom is 0.243 e. The van der Waals surface area contributed by atoms with Crippen molar-refractivity contribution in [3.8, 4) is 17.2 Å². The fourth-order valence-corrected chi connectivity index (χ4v) is 5.06. The van der Waals surface area contributed by atoms with Crippen LogP contribution in [0.15, 0.2) is 41.3 Å². The van der Waals surface area contributed by atoms with Gasteiger partial charge in [0.2, 0.25) is 22.7 Å². The van der Waals surface area contributed by atoms with E-state index in [2.05, 4.69) is 5.32 Å². The maximum atomic E-state index is 13.1. The molecule has 2 aromatic rings. The van der Waals surface area contributed by atoms with Gasteiger partial charge in [0.1, 0.15) is 5.75 Å². The Bertz CT molecular complexity index is 1110. The normalized spacial score (nSPS) is 16.1. The van der Waals surface area contributed by atoms with E-state index in [4.69, 9.17) is 18.9 Å². The third kappa shape index (κ3) is 5.58. The predicted molar refractivity (Wildman–Crippen MR) is 121 cm³/mol. The summed E-state index contributed by atoms with van der Waals surface area (Å²) in [7, 11) is -3.71. The van der Waals surface area contributed by atoms with Gasteiger partial charge in [-0.3, -0.25) is 4.79 Å². The molecule has 0 aliphatic carbocycles. The number of carbonyl (C=O) groups is 1. The Labute approximate surface area is 193 Å². The van der Waals surface area contributed by atoms with Crippen molar-refractivity contribution in [2.45, 2.75) is 37.7 Å². The molecule has 0 atom stereocenters. The predicted octanol–water partition coefficient (Wildman–Crippen LogP) is 2.79. The summed E-state index contributed by atoms with van der Waals surface area (Å²) in [4.78, 5) is 12.8. The fraction of sp³-hybridized carbons (Fsp3) is 0.435. The molecule has 33 heavy (non-hydrogen) atoms. The number of rotatable bonds is 8. The van der Waals surface area contributed by atoms with Crippen molar-refractivity contribution in [3.63, 3.8) is 0 Å². The number of carbonyl (C=O) groups excluding carboxylic acids is 1. The number of sulfonamides is 1. The lowest BCUT2D eigenvalue weighted by Gasteiger charge is -2.26. The van der Waals surface area contributed by atoms with Gasteiger partial charge in [-0.05, 0) is 56.2 Å². The van der Waals surface area contributed by atoms with Crippen LogP contribution in [0.3, 0.4) is 0 Å². The van der Waals surface area contributed by atoms with Crippen LogP contribution < -0.4 is 19.5 Å². The summed E-state index contributed by atoms with van der Waals surface area (Å²) in [5, 5.41) is 2.83. The van der Waals surface area contributed by atoms with Crippen LogP contribution in [0, 0.1) is 0 Å². The molecule has 1 fully saturated rings. The summed E-state index contributed by atoms with van der Waals surface area (Å²) < 4.78 is 49.3. The molecular weight excluding hydrogens is 448 g/mol. The average molecular weight is 477 g/mol. The molecule has 0 saturated carbocycles. The van der Waals surface area contributed by atoms with Crippen LogP contribution in [0.5, 0.6) is 17.2 Å². The van der Waals surface area contributed by atoms with Gasteiger partial charge in [0.15, 0.2) is 11.5 Å². The lowest BCUT2D eigenvalue weighted by molar-refractivity contribution is -0.116. The number of ether oxygens (including phenoxy) is 4. The van der Waals surface area contributed by atoms with Gasteiger partial charge in [-0.2, -0.15) is 4.31 Å². The monoisotopic (exact) mass is 476 g/mol. The first-order valence-electron chi connectivity index (χ1n) is 10.9. The van der Waals surface area contributed by atoms with Crippen molar-refractivity contribution >= 4 is 21.6 Å². The second-order valence-electron chi connectivity index (χ2n) is 8.08. The molecule has 10 heteroatoms. The van der Waals surface area contributed by atoms with Crippen LogP contribution in [0.4, 0.5) is 5.69 Å². The van der Waals surface area contributed by atoms with E-state index in [1.165, 1.54) is 16.4 Å². The second kappa shape index (κ2) is 9.98. The number of morpholine rings is 1. The Balaban J connectivity index is 1.49. The standard InChI is InChI=1S/C23H28N2O7S/c1-16(2)32-20-7-5-18(33(27,28)25-9-11-29-12-10-25)14-19(20)24-23(26)8-4-17-3-6-21-22(13-17)31-15-30-21/h3,5-7,13-14,16H,4,8-12,15H2,1-2H3,(H,24,26). The summed E-state index contributed by atoms with van der Waals surface area (Å²) in [6, 6.07) is 10.1. The lowest BCUT2D eigenvalue weighted by atomic mass is 10.1. The number of anilines is 1. The largest absolute Gasteiger partial charge is 0.489 e. The summed E-state index contributed by atoms with van der Waals surface area (Å²) in [5.74, 6) is 1.53. The minimum absolute atomic E-state index is 0.103. The van der Waals surface area contributed by atoms with Crippen molar-refractivity contribution < 1.29 is 32.2 Å². The molecule has 0 spiro atoms. The van der Waals surface area contributed by atoms with Gasteiger partial charge in [-0.25, -0.2) is 8.42 Å². The topological polar surface area (TPSA) is 103 Å². The van der Waals surface area contributed by atoms with E-state index in [1.54, 1.807) is 6.07 Å². The number of nitrogens with one attached hydrogen (secondary N) is 1. The van der Waals surface area contributed by atoms with E-state index in [-0.39, 0.29) is 30.1 Å². The van der Waals surface area contributed by atoms with Crippen molar-refractivity contribution in [1.82, 2.24) is 4.31 Å². The van der Waals surface area contributed by atoms with Gasteiger partial charge in [0.05, 0.1) is 29.9 Å². The SMILES string of the molecule is CC(C)Oc1ccc(S(=O)(=O)N2CCOCC2)cc1NC(=O)CCc1ccc2c(c1)OCO2. The van der Waals surface area contributed by atoms with E-state index in [0.717, 1.165) is 5.56 Å². The highest BCUT2D eigenvalue weighted by Gasteiger charge is 2.27. The quantitative estimate of drug-likeness (QED) is 0.625. The van der Waals surface area contributed by atoms with Gasteiger partial charge in [-0.15, -0.1) is 0 Å². The minimum Gasteiger partial charge on any atom is -0.489 e. The van der Waals surface area contributed by atoms with Crippen LogP contribution >= 0.6 is 0 Å². The molecule has 1 saturated heterocycles. The Morgan fingerprint density at radius 3 is 2.61 bits per heavy atom. The lowest BCUT2D eigenvalue weighted by Crippen LogP contribution is -2.40. The molecule has 9 nitrogen and oxygen atoms in total. The van der Waals surface area contributed by atoms with E-state index in [9.17, 15) is 13.2 Å². The molecule has 2 aromatic carbocycles. The molecule has 2 heterocycles. The number of amides is 1. The zero-order chi connectivity index (χ0) is 23.4. The molecule has 2 aliphatic heterocycles. The van der Waals surface area contributed by atoms with Gasteiger partial charge < -0.3 is 24.3 Å². The second-order valence-corrected chi connectivity index (χ2v) is 10.0. The van der Waals surface area contributed by atoms with E-state index in [1.807, 2.05) is 32.0 Å². The molecule has 0 unspecified atom stereocenters. The van der Waals surface area contributed by atoms with Crippen molar-refractivity contribution in [3.05, 3.63) is 42.0 Å². The Morgan fingerprint density at radius 1 is 1.09 bits per heavy atom. The van der Waals surface area contributed by atoms with Crippen molar-refractivity contribution in [2.24, 2.45) is 0 Å². The Morgan fingerprint density at radius 2 is 1.85 bits per heavy atom. The summed E-state index contributed by atoms with van der Waals surface area (Å²) >= 11 is 0. The third-order valence-corrected chi connectivity index (χ3v) is 7.17. The van der Waals surface area contributed by atoms with Crippen molar-refractivity contribution in [2.75, 3.05) is 38.4 Å². The molecule has 1 N–H and O–H groups in total. The Kier molecular flexibility index (Phi) is 7.06. The van der Waals surface area contributed by atoms with E-state index in [0.29, 0.717) is 55.7 Å². The average Bonchev–Trinajstić information content (AvgIpc) is 3.27. The summed E-state index contributed by atoms with van der Waals surface area (Å²) in [5.41, 5.74) is 1.27. The molecule has 0 radical (unpaired) electrons. The zero-order valence-corrected chi connectivity index (χ0v) is 19.5. The number of fused-ring (bicyclic) bond motifs is 1. The van der Waals surface area contributed by atoms with E-state index >= 15 is 0 Å². The third-order valence-electron chi connectivity index (χ3n) is 5.27. The van der Waals surface area contributed by atoms with Gasteiger partial charge in [0, 0.05) is 19.5 Å². The van der Waals surface area contributed by atoms with Crippen LogP contribution in [-0.4, -0.2) is 57.8 Å². The highest BCUT2D eigenvalue weighted by Crippen LogP contribution is 2.33. The zero-order valence-electron chi connectivity index (χ0n) is 18.7. The van der Waals surface area contributed by atoms with Crippen LogP contribution in [0.1, 0.15) is 25.8 Å². The van der Waals surface area contributed by atoms with E-state index < -0.39 is 10.0 Å². The molecule has 0 aromatic heterocycles. The first-order chi connectivity index (χ1) is 15.8. The minimum atomic E-state index is -3.71. The molecule has 2 aliphatic rings. The fourth-order valence-electron chi connectivity index (χ4n) is 3.63. The molecule has 4 rings (SSSR count). The molecule has 178 valence electrons. The maximum absolute atomic E-state index is 13.1. The highest BCUT2D eigenvalue weighted by atomic mass is 32.2. The first-order valence-corrected chi connectivity index (χ1v) is 12.3. The first kappa shape index (κ1) is 23.3. The van der Waals surface area contributed by atoms with Crippen LogP contribution in [0.25, 0.3) is 0 Å². The van der Waals surface area contributed by atoms with Gasteiger partial charge >= 0.3 is 0 Å². The van der Waals surface area contributed by atoms with Crippen molar-refractivity contribution in [1.29, 1.82) is 0 Å².